The van der Waals surface area contributed by atoms with Crippen molar-refractivity contribution in [3.05, 3.63) is 21.9 Å². The monoisotopic (exact) mass is 183 g/mol. The summed E-state index contributed by atoms with van der Waals surface area (Å²) >= 11 is 1.84. The van der Waals surface area contributed by atoms with E-state index in [0.717, 1.165) is 6.42 Å². The Morgan fingerprint density at radius 3 is 2.50 bits per heavy atom. The molecule has 0 bridgehead atoms. The van der Waals surface area contributed by atoms with Gasteiger partial charge in [-0.25, -0.2) is 0 Å². The summed E-state index contributed by atoms with van der Waals surface area (Å²) in [7, 11) is 0. The average molecular weight is 183 g/mol. The van der Waals surface area contributed by atoms with Gasteiger partial charge in [0.1, 0.15) is 0 Å². The molecule has 1 heterocycles. The fourth-order valence-corrected chi connectivity index (χ4v) is 2.22. The molecule has 0 unspecified atom stereocenters. The second-order valence-corrected chi connectivity index (χ2v) is 4.63. The lowest BCUT2D eigenvalue weighted by atomic mass is 10.0. The zero-order valence-corrected chi connectivity index (χ0v) is 8.82. The van der Waals surface area contributed by atoms with E-state index in [9.17, 15) is 0 Å². The molecular formula is C10H17NS. The van der Waals surface area contributed by atoms with E-state index in [1.54, 1.807) is 0 Å². The Morgan fingerprint density at radius 1 is 1.42 bits per heavy atom. The lowest BCUT2D eigenvalue weighted by molar-refractivity contribution is 0.521. The van der Waals surface area contributed by atoms with E-state index in [1.165, 1.54) is 9.75 Å². The van der Waals surface area contributed by atoms with Crippen LogP contribution in [0.2, 0.25) is 0 Å². The molecule has 1 atom stereocenters. The Kier molecular flexibility index (Phi) is 3.29. The fourth-order valence-electron chi connectivity index (χ4n) is 1.09. The molecule has 1 nitrogen and oxygen atoms in total. The van der Waals surface area contributed by atoms with Gasteiger partial charge in [0, 0.05) is 15.8 Å². The van der Waals surface area contributed by atoms with Gasteiger partial charge >= 0.3 is 0 Å². The van der Waals surface area contributed by atoms with Crippen LogP contribution in [-0.2, 0) is 6.42 Å². The third kappa shape index (κ3) is 2.08. The van der Waals surface area contributed by atoms with Crippen LogP contribution < -0.4 is 5.73 Å². The Hall–Kier alpha value is -0.340. The van der Waals surface area contributed by atoms with Gasteiger partial charge in [-0.05, 0) is 24.5 Å². The first-order chi connectivity index (χ1) is 5.65. The molecule has 1 aromatic rings. The SMILES string of the molecule is CCc1ccc([C@@H](N)C(C)C)s1. The van der Waals surface area contributed by atoms with Crippen LogP contribution in [0.15, 0.2) is 12.1 Å². The Labute approximate surface area is 78.6 Å². The van der Waals surface area contributed by atoms with Crippen molar-refractivity contribution in [3.63, 3.8) is 0 Å². The van der Waals surface area contributed by atoms with Crippen molar-refractivity contribution in [3.8, 4) is 0 Å². The summed E-state index contributed by atoms with van der Waals surface area (Å²) in [6.45, 7) is 6.50. The van der Waals surface area contributed by atoms with E-state index in [0.29, 0.717) is 5.92 Å². The predicted octanol–water partition coefficient (Wildman–Crippen LogP) is 2.97. The van der Waals surface area contributed by atoms with Crippen molar-refractivity contribution in [2.75, 3.05) is 0 Å². The second-order valence-electron chi connectivity index (χ2n) is 3.43. The predicted molar refractivity (Wildman–Crippen MR) is 55.5 cm³/mol. The van der Waals surface area contributed by atoms with Crippen LogP contribution >= 0.6 is 11.3 Å². The van der Waals surface area contributed by atoms with Crippen LogP contribution in [0.1, 0.15) is 36.6 Å². The highest BCUT2D eigenvalue weighted by Gasteiger charge is 2.11. The van der Waals surface area contributed by atoms with Crippen molar-refractivity contribution in [2.24, 2.45) is 11.7 Å². The molecule has 0 aliphatic rings. The Bertz CT molecular complexity index is 240. The lowest BCUT2D eigenvalue weighted by Crippen LogP contribution is -2.14. The molecule has 2 heteroatoms. The molecule has 0 aromatic carbocycles. The summed E-state index contributed by atoms with van der Waals surface area (Å²) < 4.78 is 0. The van der Waals surface area contributed by atoms with Crippen molar-refractivity contribution in [1.29, 1.82) is 0 Å². The highest BCUT2D eigenvalue weighted by atomic mass is 32.1. The minimum atomic E-state index is 0.218. The average Bonchev–Trinajstić information content (AvgIpc) is 2.50. The van der Waals surface area contributed by atoms with Gasteiger partial charge in [0.25, 0.3) is 0 Å². The van der Waals surface area contributed by atoms with Gasteiger partial charge in [0.05, 0.1) is 0 Å². The van der Waals surface area contributed by atoms with E-state index in [-0.39, 0.29) is 6.04 Å². The van der Waals surface area contributed by atoms with E-state index < -0.39 is 0 Å². The van der Waals surface area contributed by atoms with Crippen molar-refractivity contribution >= 4 is 11.3 Å². The topological polar surface area (TPSA) is 26.0 Å². The second kappa shape index (κ2) is 4.06. The minimum absolute atomic E-state index is 0.218. The van der Waals surface area contributed by atoms with Gasteiger partial charge in [-0.15, -0.1) is 11.3 Å². The summed E-state index contributed by atoms with van der Waals surface area (Å²) in [6, 6.07) is 4.56. The summed E-state index contributed by atoms with van der Waals surface area (Å²) in [5.41, 5.74) is 6.02. The summed E-state index contributed by atoms with van der Waals surface area (Å²) in [5, 5.41) is 0. The van der Waals surface area contributed by atoms with Crippen molar-refractivity contribution in [1.82, 2.24) is 0 Å². The van der Waals surface area contributed by atoms with E-state index in [1.807, 2.05) is 11.3 Å². The molecule has 0 saturated heterocycles. The van der Waals surface area contributed by atoms with Crippen LogP contribution in [0.4, 0.5) is 0 Å². The number of thiophene rings is 1. The molecular weight excluding hydrogens is 166 g/mol. The molecule has 0 radical (unpaired) electrons. The Balaban J connectivity index is 2.74. The van der Waals surface area contributed by atoms with E-state index in [2.05, 4.69) is 32.9 Å². The number of nitrogens with two attached hydrogens (primary N) is 1. The van der Waals surface area contributed by atoms with Crippen LogP contribution in [0.25, 0.3) is 0 Å². The zero-order chi connectivity index (χ0) is 9.14. The van der Waals surface area contributed by atoms with Crippen molar-refractivity contribution in [2.45, 2.75) is 33.2 Å². The quantitative estimate of drug-likeness (QED) is 0.766. The van der Waals surface area contributed by atoms with E-state index in [4.69, 9.17) is 5.73 Å². The fraction of sp³-hybridized carbons (Fsp3) is 0.600. The van der Waals surface area contributed by atoms with Gasteiger partial charge < -0.3 is 5.73 Å². The molecule has 0 aliphatic carbocycles. The number of aryl methyl sites for hydroxylation is 1. The maximum absolute atomic E-state index is 6.02. The molecule has 0 amide bonds. The molecule has 0 fully saturated rings. The molecule has 0 spiro atoms. The van der Waals surface area contributed by atoms with Crippen LogP contribution in [-0.4, -0.2) is 0 Å². The van der Waals surface area contributed by atoms with Crippen LogP contribution in [0.5, 0.6) is 0 Å². The molecule has 12 heavy (non-hydrogen) atoms. The first-order valence-electron chi connectivity index (χ1n) is 4.49. The van der Waals surface area contributed by atoms with Crippen molar-refractivity contribution < 1.29 is 0 Å². The first kappa shape index (κ1) is 9.75. The number of rotatable bonds is 3. The van der Waals surface area contributed by atoms with Gasteiger partial charge in [-0.1, -0.05) is 20.8 Å². The molecule has 2 N–H and O–H groups in total. The highest BCUT2D eigenvalue weighted by Crippen LogP contribution is 2.26. The summed E-state index contributed by atoms with van der Waals surface area (Å²) in [6.07, 6.45) is 1.12. The first-order valence-corrected chi connectivity index (χ1v) is 5.31. The number of hydrogen-bond acceptors (Lipinski definition) is 2. The standard InChI is InChI=1S/C10H17NS/c1-4-8-5-6-9(12-8)10(11)7(2)3/h5-7,10H,4,11H2,1-3H3/t10-/m0/s1. The lowest BCUT2D eigenvalue weighted by Gasteiger charge is -2.12. The summed E-state index contributed by atoms with van der Waals surface area (Å²) in [4.78, 5) is 2.75. The molecule has 68 valence electrons. The third-order valence-electron chi connectivity index (χ3n) is 2.08. The van der Waals surface area contributed by atoms with Gasteiger partial charge in [-0.3, -0.25) is 0 Å². The van der Waals surface area contributed by atoms with E-state index >= 15 is 0 Å². The third-order valence-corrected chi connectivity index (χ3v) is 3.41. The minimum Gasteiger partial charge on any atom is -0.323 e. The summed E-state index contributed by atoms with van der Waals surface area (Å²) in [5.74, 6) is 0.536. The normalized spacial score (nSPS) is 13.8. The van der Waals surface area contributed by atoms with Gasteiger partial charge in [0.2, 0.25) is 0 Å². The smallest absolute Gasteiger partial charge is 0.0413 e. The van der Waals surface area contributed by atoms with Crippen LogP contribution in [0, 0.1) is 5.92 Å². The molecule has 0 aliphatic heterocycles. The van der Waals surface area contributed by atoms with Crippen LogP contribution in [0.3, 0.4) is 0 Å². The maximum Gasteiger partial charge on any atom is 0.0413 e. The molecule has 1 aromatic heterocycles. The van der Waals surface area contributed by atoms with Gasteiger partial charge in [-0.2, -0.15) is 0 Å². The molecule has 1 rings (SSSR count). The zero-order valence-electron chi connectivity index (χ0n) is 8.00. The molecule has 0 saturated carbocycles. The highest BCUT2D eigenvalue weighted by molar-refractivity contribution is 7.12. The largest absolute Gasteiger partial charge is 0.323 e. The van der Waals surface area contributed by atoms with Gasteiger partial charge in [0.15, 0.2) is 0 Å². The Morgan fingerprint density at radius 2 is 2.08 bits per heavy atom. The number of hydrogen-bond donors (Lipinski definition) is 1. The maximum atomic E-state index is 6.02.